The van der Waals surface area contributed by atoms with E-state index >= 15 is 0 Å². The Kier molecular flexibility index (Phi) is 2.33. The standard InChI is InChI=1S/C10H16N4O2/c11-3-9-12-13-10(16-9)14-4-6-1-2-8(15)7(6)5-14/h6-8,15H,1-5,11H2. The predicted molar refractivity (Wildman–Crippen MR) is 56.6 cm³/mol. The molecule has 1 aromatic rings. The Balaban J connectivity index is 1.74. The SMILES string of the molecule is NCc1nnc(N2CC3CCC(O)C3C2)o1. The highest BCUT2D eigenvalue weighted by Gasteiger charge is 2.43. The van der Waals surface area contributed by atoms with Crippen molar-refractivity contribution in [3.05, 3.63) is 5.89 Å². The van der Waals surface area contributed by atoms with Crippen molar-refractivity contribution in [1.29, 1.82) is 0 Å². The number of aliphatic hydroxyl groups excluding tert-OH is 1. The summed E-state index contributed by atoms with van der Waals surface area (Å²) in [5.41, 5.74) is 5.42. The second kappa shape index (κ2) is 3.71. The molecule has 6 heteroatoms. The zero-order valence-electron chi connectivity index (χ0n) is 9.04. The Bertz CT molecular complexity index is 381. The molecule has 1 aliphatic heterocycles. The third-order valence-electron chi connectivity index (χ3n) is 3.72. The van der Waals surface area contributed by atoms with Gasteiger partial charge >= 0.3 is 6.01 Å². The van der Waals surface area contributed by atoms with Crippen molar-refractivity contribution in [2.45, 2.75) is 25.5 Å². The topological polar surface area (TPSA) is 88.4 Å². The summed E-state index contributed by atoms with van der Waals surface area (Å²) in [5.74, 6) is 1.41. The molecule has 1 aromatic heterocycles. The largest absolute Gasteiger partial charge is 0.407 e. The van der Waals surface area contributed by atoms with Crippen molar-refractivity contribution >= 4 is 6.01 Å². The zero-order valence-corrected chi connectivity index (χ0v) is 9.04. The highest BCUT2D eigenvalue weighted by molar-refractivity contribution is 5.28. The van der Waals surface area contributed by atoms with Crippen LogP contribution in [0.1, 0.15) is 18.7 Å². The first-order chi connectivity index (χ1) is 7.78. The van der Waals surface area contributed by atoms with Gasteiger partial charge in [0.25, 0.3) is 0 Å². The first-order valence-corrected chi connectivity index (χ1v) is 5.73. The van der Waals surface area contributed by atoms with Gasteiger partial charge in [-0.15, -0.1) is 5.10 Å². The van der Waals surface area contributed by atoms with Crippen LogP contribution in [0, 0.1) is 11.8 Å². The molecule has 2 fully saturated rings. The van der Waals surface area contributed by atoms with Crippen LogP contribution in [0.5, 0.6) is 0 Å². The molecule has 3 rings (SSSR count). The average Bonchev–Trinajstić information content (AvgIpc) is 2.95. The van der Waals surface area contributed by atoms with Gasteiger partial charge in [0.15, 0.2) is 0 Å². The number of fused-ring (bicyclic) bond motifs is 1. The molecule has 88 valence electrons. The van der Waals surface area contributed by atoms with Crippen molar-refractivity contribution in [2.24, 2.45) is 17.6 Å². The maximum Gasteiger partial charge on any atom is 0.318 e. The van der Waals surface area contributed by atoms with Crippen LogP contribution >= 0.6 is 0 Å². The minimum Gasteiger partial charge on any atom is -0.407 e. The Morgan fingerprint density at radius 3 is 2.94 bits per heavy atom. The van der Waals surface area contributed by atoms with E-state index in [1.165, 1.54) is 0 Å². The lowest BCUT2D eigenvalue weighted by atomic mass is 10.00. The minimum atomic E-state index is -0.160. The quantitative estimate of drug-likeness (QED) is 0.719. The van der Waals surface area contributed by atoms with Crippen LogP contribution in [-0.4, -0.2) is 34.5 Å². The van der Waals surface area contributed by atoms with E-state index in [1.807, 2.05) is 0 Å². The van der Waals surface area contributed by atoms with Gasteiger partial charge in [-0.1, -0.05) is 5.10 Å². The molecular formula is C10H16N4O2. The number of nitrogens with two attached hydrogens (primary N) is 1. The smallest absolute Gasteiger partial charge is 0.318 e. The molecule has 3 N–H and O–H groups in total. The van der Waals surface area contributed by atoms with Crippen molar-refractivity contribution in [1.82, 2.24) is 10.2 Å². The monoisotopic (exact) mass is 224 g/mol. The van der Waals surface area contributed by atoms with E-state index in [9.17, 15) is 5.11 Å². The molecule has 1 saturated heterocycles. The number of aliphatic hydroxyl groups is 1. The van der Waals surface area contributed by atoms with Crippen LogP contribution in [0.15, 0.2) is 4.42 Å². The van der Waals surface area contributed by atoms with Gasteiger partial charge in [-0.05, 0) is 18.8 Å². The Morgan fingerprint density at radius 1 is 1.38 bits per heavy atom. The van der Waals surface area contributed by atoms with Gasteiger partial charge < -0.3 is 20.2 Å². The predicted octanol–water partition coefficient (Wildman–Crippen LogP) is -0.265. The van der Waals surface area contributed by atoms with Crippen LogP contribution in [0.3, 0.4) is 0 Å². The van der Waals surface area contributed by atoms with Crippen LogP contribution < -0.4 is 10.6 Å². The molecule has 3 unspecified atom stereocenters. The first kappa shape index (κ1) is 10.0. The van der Waals surface area contributed by atoms with E-state index < -0.39 is 0 Å². The molecule has 1 saturated carbocycles. The molecule has 0 radical (unpaired) electrons. The molecule has 6 nitrogen and oxygen atoms in total. The highest BCUT2D eigenvalue weighted by Crippen LogP contribution is 2.39. The number of rotatable bonds is 2. The van der Waals surface area contributed by atoms with Gasteiger partial charge in [0.1, 0.15) is 0 Å². The summed E-state index contributed by atoms with van der Waals surface area (Å²) in [7, 11) is 0. The Hall–Kier alpha value is -1.14. The summed E-state index contributed by atoms with van der Waals surface area (Å²) in [6, 6.07) is 0.544. The lowest BCUT2D eigenvalue weighted by Gasteiger charge is -2.15. The van der Waals surface area contributed by atoms with Crippen LogP contribution in [0.2, 0.25) is 0 Å². The average molecular weight is 224 g/mol. The highest BCUT2D eigenvalue weighted by atomic mass is 16.4. The minimum absolute atomic E-state index is 0.160. The summed E-state index contributed by atoms with van der Waals surface area (Å²) >= 11 is 0. The number of nitrogens with zero attached hydrogens (tertiary/aromatic N) is 3. The molecule has 16 heavy (non-hydrogen) atoms. The molecule has 2 aliphatic rings. The fourth-order valence-electron chi connectivity index (χ4n) is 2.85. The lowest BCUT2D eigenvalue weighted by Crippen LogP contribution is -2.24. The molecule has 0 aromatic carbocycles. The summed E-state index contributed by atoms with van der Waals surface area (Å²) in [6.07, 6.45) is 1.87. The van der Waals surface area contributed by atoms with Crippen molar-refractivity contribution in [3.63, 3.8) is 0 Å². The second-order valence-electron chi connectivity index (χ2n) is 4.66. The lowest BCUT2D eigenvalue weighted by molar-refractivity contribution is 0.133. The molecule has 1 aliphatic carbocycles. The fraction of sp³-hybridized carbons (Fsp3) is 0.800. The number of hydrogen-bond acceptors (Lipinski definition) is 6. The maximum atomic E-state index is 9.80. The van der Waals surface area contributed by atoms with E-state index in [0.717, 1.165) is 25.9 Å². The van der Waals surface area contributed by atoms with Crippen LogP contribution in [-0.2, 0) is 6.54 Å². The summed E-state index contributed by atoms with van der Waals surface area (Å²) < 4.78 is 5.41. The molecule has 0 amide bonds. The maximum absolute atomic E-state index is 9.80. The van der Waals surface area contributed by atoms with Gasteiger partial charge in [-0.3, -0.25) is 0 Å². The molecule has 2 heterocycles. The van der Waals surface area contributed by atoms with Crippen LogP contribution in [0.25, 0.3) is 0 Å². The van der Waals surface area contributed by atoms with Gasteiger partial charge in [-0.2, -0.15) is 0 Å². The summed E-state index contributed by atoms with van der Waals surface area (Å²) in [4.78, 5) is 2.06. The third kappa shape index (κ3) is 1.49. The van der Waals surface area contributed by atoms with Crippen molar-refractivity contribution in [3.8, 4) is 0 Å². The van der Waals surface area contributed by atoms with Gasteiger partial charge in [0.05, 0.1) is 12.6 Å². The summed E-state index contributed by atoms with van der Waals surface area (Å²) in [5, 5.41) is 17.6. The molecule has 0 spiro atoms. The molecule has 3 atom stereocenters. The van der Waals surface area contributed by atoms with Gasteiger partial charge in [-0.25, -0.2) is 0 Å². The zero-order chi connectivity index (χ0) is 11.1. The third-order valence-corrected chi connectivity index (χ3v) is 3.72. The van der Waals surface area contributed by atoms with E-state index in [2.05, 4.69) is 15.1 Å². The first-order valence-electron chi connectivity index (χ1n) is 5.73. The Labute approximate surface area is 93.4 Å². The van der Waals surface area contributed by atoms with Crippen molar-refractivity contribution < 1.29 is 9.52 Å². The van der Waals surface area contributed by atoms with E-state index in [0.29, 0.717) is 23.7 Å². The normalized spacial score (nSPS) is 33.4. The van der Waals surface area contributed by atoms with E-state index in [-0.39, 0.29) is 12.6 Å². The number of aromatic nitrogens is 2. The summed E-state index contributed by atoms with van der Waals surface area (Å²) in [6.45, 7) is 2.00. The second-order valence-corrected chi connectivity index (χ2v) is 4.66. The fourth-order valence-corrected chi connectivity index (χ4v) is 2.85. The van der Waals surface area contributed by atoms with Crippen molar-refractivity contribution in [2.75, 3.05) is 18.0 Å². The van der Waals surface area contributed by atoms with E-state index in [4.69, 9.17) is 10.2 Å². The van der Waals surface area contributed by atoms with E-state index in [1.54, 1.807) is 0 Å². The van der Waals surface area contributed by atoms with Gasteiger partial charge in [0.2, 0.25) is 5.89 Å². The van der Waals surface area contributed by atoms with Crippen LogP contribution in [0.4, 0.5) is 6.01 Å². The van der Waals surface area contributed by atoms with Gasteiger partial charge in [0, 0.05) is 19.0 Å². The molecular weight excluding hydrogens is 208 g/mol. The Morgan fingerprint density at radius 2 is 2.25 bits per heavy atom. The number of anilines is 1. The molecule has 0 bridgehead atoms. The number of hydrogen-bond donors (Lipinski definition) is 2.